The van der Waals surface area contributed by atoms with Crippen molar-refractivity contribution in [3.05, 3.63) is 69.7 Å². The van der Waals surface area contributed by atoms with Crippen molar-refractivity contribution in [2.24, 2.45) is 11.8 Å². The number of halogens is 2. The van der Waals surface area contributed by atoms with Gasteiger partial charge in [0.25, 0.3) is 0 Å². The summed E-state index contributed by atoms with van der Waals surface area (Å²) in [7, 11) is 2.35. The first-order chi connectivity index (χ1) is 15.1. The zero-order chi connectivity index (χ0) is 21.4. The van der Waals surface area contributed by atoms with E-state index < -0.39 is 0 Å². The Balaban J connectivity index is 1.50. The quantitative estimate of drug-likeness (QED) is 0.485. The van der Waals surface area contributed by atoms with Crippen molar-refractivity contribution in [3.8, 4) is 0 Å². The van der Waals surface area contributed by atoms with Crippen molar-refractivity contribution in [1.29, 1.82) is 0 Å². The molecule has 4 unspecified atom stereocenters. The van der Waals surface area contributed by atoms with Crippen LogP contribution >= 0.6 is 23.2 Å². The minimum absolute atomic E-state index is 0.123. The van der Waals surface area contributed by atoms with Crippen LogP contribution in [0.5, 0.6) is 0 Å². The van der Waals surface area contributed by atoms with Crippen molar-refractivity contribution in [3.63, 3.8) is 0 Å². The minimum Gasteiger partial charge on any atom is -0.303 e. The molecule has 4 atom stereocenters. The smallest absolute Gasteiger partial charge is 0.0633 e. The summed E-state index contributed by atoms with van der Waals surface area (Å²) in [6, 6.07) is 18.2. The van der Waals surface area contributed by atoms with Crippen LogP contribution in [-0.4, -0.2) is 42.0 Å². The van der Waals surface area contributed by atoms with E-state index in [1.165, 1.54) is 62.6 Å². The summed E-state index contributed by atoms with van der Waals surface area (Å²) in [5.41, 5.74) is 2.38. The molecule has 2 bridgehead atoms. The molecule has 4 aliphatic rings. The number of fused-ring (bicyclic) bond motifs is 4. The summed E-state index contributed by atoms with van der Waals surface area (Å²) in [5.74, 6) is 1.58. The van der Waals surface area contributed by atoms with Gasteiger partial charge in [-0.15, -0.1) is 0 Å². The first kappa shape index (κ1) is 21.8. The molecule has 3 aliphatic heterocycles. The monoisotopic (exact) mass is 456 g/mol. The molecule has 166 valence electrons. The second-order valence-corrected chi connectivity index (χ2v) is 10.8. The Morgan fingerprint density at radius 1 is 0.839 bits per heavy atom. The Morgan fingerprint density at radius 2 is 1.52 bits per heavy atom. The SMILES string of the molecule is CN1CCCCC1C1CC2CCC(C1)N(C(c1ccccc1Cl)c1ccccc1Cl)C2. The summed E-state index contributed by atoms with van der Waals surface area (Å²) in [6.07, 6.45) is 9.47. The van der Waals surface area contributed by atoms with Crippen LogP contribution in [0.3, 0.4) is 0 Å². The van der Waals surface area contributed by atoms with Crippen LogP contribution in [0.15, 0.2) is 48.5 Å². The van der Waals surface area contributed by atoms with Gasteiger partial charge in [-0.05, 0) is 87.2 Å². The molecule has 0 radical (unpaired) electrons. The maximum atomic E-state index is 6.78. The average Bonchev–Trinajstić information content (AvgIpc) is 3.09. The highest BCUT2D eigenvalue weighted by molar-refractivity contribution is 6.32. The molecule has 0 N–H and O–H groups in total. The maximum Gasteiger partial charge on any atom is 0.0633 e. The van der Waals surface area contributed by atoms with Gasteiger partial charge >= 0.3 is 0 Å². The molecular weight excluding hydrogens is 423 g/mol. The topological polar surface area (TPSA) is 6.48 Å². The van der Waals surface area contributed by atoms with Gasteiger partial charge in [-0.2, -0.15) is 0 Å². The van der Waals surface area contributed by atoms with Crippen molar-refractivity contribution in [2.75, 3.05) is 20.1 Å². The highest BCUT2D eigenvalue weighted by atomic mass is 35.5. The molecule has 3 heterocycles. The Kier molecular flexibility index (Phi) is 6.62. The van der Waals surface area contributed by atoms with Crippen molar-refractivity contribution in [2.45, 2.75) is 63.1 Å². The van der Waals surface area contributed by atoms with Gasteiger partial charge in [0.15, 0.2) is 0 Å². The van der Waals surface area contributed by atoms with Crippen molar-refractivity contribution >= 4 is 23.2 Å². The predicted octanol–water partition coefficient (Wildman–Crippen LogP) is 7.06. The summed E-state index contributed by atoms with van der Waals surface area (Å²) in [5, 5.41) is 1.69. The molecule has 0 spiro atoms. The van der Waals surface area contributed by atoms with Crippen LogP contribution in [0.1, 0.15) is 62.1 Å². The number of nitrogens with zero attached hydrogens (tertiary/aromatic N) is 2. The van der Waals surface area contributed by atoms with Gasteiger partial charge in [0.2, 0.25) is 0 Å². The van der Waals surface area contributed by atoms with Gasteiger partial charge in [-0.25, -0.2) is 0 Å². The number of likely N-dealkylation sites (tertiary alicyclic amines) is 1. The third-order valence-corrected chi connectivity index (χ3v) is 8.85. The summed E-state index contributed by atoms with van der Waals surface area (Å²) in [6.45, 7) is 2.42. The van der Waals surface area contributed by atoms with Crippen LogP contribution < -0.4 is 0 Å². The molecule has 1 aliphatic carbocycles. The van der Waals surface area contributed by atoms with Crippen molar-refractivity contribution < 1.29 is 0 Å². The summed E-state index contributed by atoms with van der Waals surface area (Å²) in [4.78, 5) is 5.42. The molecule has 4 fully saturated rings. The van der Waals surface area contributed by atoms with Gasteiger partial charge < -0.3 is 4.90 Å². The molecule has 0 aromatic heterocycles. The fourth-order valence-electron chi connectivity index (χ4n) is 6.70. The lowest BCUT2D eigenvalue weighted by Gasteiger charge is -2.43. The van der Waals surface area contributed by atoms with Crippen LogP contribution in [0.25, 0.3) is 0 Å². The van der Waals surface area contributed by atoms with E-state index in [-0.39, 0.29) is 6.04 Å². The molecule has 4 heteroatoms. The number of benzene rings is 2. The third kappa shape index (κ3) is 4.42. The third-order valence-electron chi connectivity index (χ3n) is 8.16. The van der Waals surface area contributed by atoms with Crippen LogP contribution in [0, 0.1) is 11.8 Å². The normalized spacial score (nSPS) is 29.9. The fraction of sp³-hybridized carbons (Fsp3) is 0.556. The average molecular weight is 457 g/mol. The molecular formula is C27H34Cl2N2. The Bertz CT molecular complexity index is 855. The Morgan fingerprint density at radius 3 is 2.16 bits per heavy atom. The predicted molar refractivity (Wildman–Crippen MR) is 131 cm³/mol. The zero-order valence-corrected chi connectivity index (χ0v) is 20.0. The molecule has 3 saturated heterocycles. The van der Waals surface area contributed by atoms with Gasteiger partial charge in [0.05, 0.1) is 6.04 Å². The number of hydrogen-bond acceptors (Lipinski definition) is 2. The second-order valence-electron chi connectivity index (χ2n) is 10.0. The lowest BCUT2D eigenvalue weighted by atomic mass is 9.83. The molecule has 1 saturated carbocycles. The van der Waals surface area contributed by atoms with E-state index in [1.807, 2.05) is 24.3 Å². The lowest BCUT2D eigenvalue weighted by molar-refractivity contribution is 0.0858. The number of piperidine rings is 2. The van der Waals surface area contributed by atoms with Crippen LogP contribution in [0.4, 0.5) is 0 Å². The molecule has 2 nitrogen and oxygen atoms in total. The molecule has 31 heavy (non-hydrogen) atoms. The molecule has 2 aromatic carbocycles. The minimum atomic E-state index is 0.123. The Hall–Kier alpha value is -1.06. The van der Waals surface area contributed by atoms with E-state index in [4.69, 9.17) is 23.2 Å². The highest BCUT2D eigenvalue weighted by Gasteiger charge is 2.43. The van der Waals surface area contributed by atoms with E-state index in [0.717, 1.165) is 34.5 Å². The van der Waals surface area contributed by atoms with E-state index in [2.05, 4.69) is 41.1 Å². The standard InChI is InChI=1S/C27H34Cl2N2/c1-30-15-7-6-12-26(30)20-16-19-13-14-21(17-20)31(18-19)27(22-8-2-4-10-24(22)28)23-9-3-5-11-25(23)29/h2-5,8-11,19-21,26-27H,6-7,12-18H2,1H3. The molecule has 0 amide bonds. The van der Waals surface area contributed by atoms with Crippen LogP contribution in [0.2, 0.25) is 10.0 Å². The second kappa shape index (κ2) is 9.43. The van der Waals surface area contributed by atoms with Gasteiger partial charge in [-0.3, -0.25) is 4.90 Å². The number of rotatable bonds is 4. The summed E-state index contributed by atoms with van der Waals surface area (Å²) < 4.78 is 0. The Labute approximate surface area is 197 Å². The maximum absolute atomic E-state index is 6.78. The largest absolute Gasteiger partial charge is 0.303 e. The van der Waals surface area contributed by atoms with E-state index in [1.54, 1.807) is 0 Å². The van der Waals surface area contributed by atoms with Crippen LogP contribution in [-0.2, 0) is 0 Å². The van der Waals surface area contributed by atoms with E-state index >= 15 is 0 Å². The molecule has 6 rings (SSSR count). The summed E-state index contributed by atoms with van der Waals surface area (Å²) >= 11 is 13.6. The van der Waals surface area contributed by atoms with Crippen molar-refractivity contribution in [1.82, 2.24) is 9.80 Å². The van der Waals surface area contributed by atoms with E-state index in [9.17, 15) is 0 Å². The lowest BCUT2D eigenvalue weighted by Crippen LogP contribution is -2.45. The zero-order valence-electron chi connectivity index (χ0n) is 18.5. The van der Waals surface area contributed by atoms with Gasteiger partial charge in [0, 0.05) is 28.7 Å². The van der Waals surface area contributed by atoms with Gasteiger partial charge in [-0.1, -0.05) is 66.0 Å². The number of hydrogen-bond donors (Lipinski definition) is 0. The fourth-order valence-corrected chi connectivity index (χ4v) is 7.18. The molecule has 2 aromatic rings. The first-order valence-corrected chi connectivity index (χ1v) is 12.8. The highest BCUT2D eigenvalue weighted by Crippen LogP contribution is 2.46. The van der Waals surface area contributed by atoms with E-state index in [0.29, 0.717) is 6.04 Å². The first-order valence-electron chi connectivity index (χ1n) is 12.1. The van der Waals surface area contributed by atoms with Gasteiger partial charge in [0.1, 0.15) is 0 Å².